The van der Waals surface area contributed by atoms with Crippen molar-refractivity contribution in [2.75, 3.05) is 13.2 Å². The maximum Gasteiger partial charge on any atom is 0.0720 e. The van der Waals surface area contributed by atoms with E-state index in [2.05, 4.69) is 41.5 Å². The second-order valence-electron chi connectivity index (χ2n) is 4.67. The molecule has 3 nitrogen and oxygen atoms in total. The van der Waals surface area contributed by atoms with Gasteiger partial charge in [-0.1, -0.05) is 37.3 Å². The summed E-state index contributed by atoms with van der Waals surface area (Å²) in [7, 11) is 0. The molecule has 2 rings (SSSR count). The number of nitrogens with zero attached hydrogens (tertiary/aromatic N) is 1. The summed E-state index contributed by atoms with van der Waals surface area (Å²) in [6.07, 6.45) is 2.68. The van der Waals surface area contributed by atoms with E-state index in [0.717, 1.165) is 25.2 Å². The first-order valence-electron chi connectivity index (χ1n) is 7.15. The largest absolute Gasteiger partial charge is 0.376 e. The van der Waals surface area contributed by atoms with E-state index in [0.29, 0.717) is 13.2 Å². The number of hydrogen-bond donors (Lipinski definition) is 1. The van der Waals surface area contributed by atoms with Gasteiger partial charge in [0.1, 0.15) is 0 Å². The minimum Gasteiger partial charge on any atom is -0.376 e. The van der Waals surface area contributed by atoms with Crippen molar-refractivity contribution in [3.8, 4) is 0 Å². The van der Waals surface area contributed by atoms with Gasteiger partial charge in [0, 0.05) is 24.9 Å². The molecule has 0 saturated heterocycles. The van der Waals surface area contributed by atoms with Gasteiger partial charge in [-0.25, -0.2) is 0 Å². The molecule has 3 heteroatoms. The number of benzene rings is 1. The monoisotopic (exact) mass is 270 g/mol. The lowest BCUT2D eigenvalue weighted by Gasteiger charge is -2.10. The summed E-state index contributed by atoms with van der Waals surface area (Å²) in [6.45, 7) is 5.36. The maximum absolute atomic E-state index is 5.78. The Morgan fingerprint density at radius 1 is 1.05 bits per heavy atom. The van der Waals surface area contributed by atoms with Crippen LogP contribution >= 0.6 is 0 Å². The molecule has 2 aromatic rings. The Hall–Kier alpha value is -1.71. The third-order valence-electron chi connectivity index (χ3n) is 3.17. The Bertz CT molecular complexity index is 499. The summed E-state index contributed by atoms with van der Waals surface area (Å²) in [5.74, 6) is 0. The highest BCUT2D eigenvalue weighted by Crippen LogP contribution is 2.10. The summed E-state index contributed by atoms with van der Waals surface area (Å²) in [4.78, 5) is 4.29. The molecule has 0 spiro atoms. The second-order valence-corrected chi connectivity index (χ2v) is 4.67. The van der Waals surface area contributed by atoms with Crippen LogP contribution < -0.4 is 5.32 Å². The minimum absolute atomic E-state index is 0.661. The highest BCUT2D eigenvalue weighted by molar-refractivity contribution is 5.26. The summed E-state index contributed by atoms with van der Waals surface area (Å²) >= 11 is 0. The summed E-state index contributed by atoms with van der Waals surface area (Å²) in [5, 5.41) is 3.36. The lowest BCUT2D eigenvalue weighted by molar-refractivity contribution is 0.122. The maximum atomic E-state index is 5.78. The highest BCUT2D eigenvalue weighted by atomic mass is 16.5. The summed E-state index contributed by atoms with van der Waals surface area (Å²) < 4.78 is 5.78. The van der Waals surface area contributed by atoms with E-state index in [1.807, 2.05) is 24.4 Å². The fourth-order valence-corrected chi connectivity index (χ4v) is 2.04. The van der Waals surface area contributed by atoms with E-state index in [1.54, 1.807) is 0 Å². The van der Waals surface area contributed by atoms with Gasteiger partial charge in [-0.15, -0.1) is 0 Å². The smallest absolute Gasteiger partial charge is 0.0720 e. The van der Waals surface area contributed by atoms with Gasteiger partial charge in [-0.3, -0.25) is 4.98 Å². The van der Waals surface area contributed by atoms with Crippen molar-refractivity contribution < 1.29 is 4.74 Å². The fourth-order valence-electron chi connectivity index (χ4n) is 2.04. The van der Waals surface area contributed by atoms with Crippen molar-refractivity contribution in [1.29, 1.82) is 0 Å². The second kappa shape index (κ2) is 8.46. The van der Waals surface area contributed by atoms with Crippen molar-refractivity contribution in [1.82, 2.24) is 10.3 Å². The van der Waals surface area contributed by atoms with Crippen molar-refractivity contribution >= 4 is 0 Å². The number of ether oxygens (including phenoxy) is 1. The Morgan fingerprint density at radius 2 is 1.85 bits per heavy atom. The number of rotatable bonds is 8. The molecule has 0 aliphatic rings. The zero-order chi connectivity index (χ0) is 14.0. The first-order valence-corrected chi connectivity index (χ1v) is 7.15. The predicted octanol–water partition coefficient (Wildman–Crippen LogP) is 2.95. The third-order valence-corrected chi connectivity index (χ3v) is 3.17. The molecule has 1 aromatic carbocycles. The SMILES string of the molecule is CCNCc1ccccc1COCCc1ccccn1. The molecule has 1 aromatic heterocycles. The van der Waals surface area contributed by atoms with Gasteiger partial charge in [-0.05, 0) is 29.8 Å². The van der Waals surface area contributed by atoms with Crippen molar-refractivity contribution in [2.24, 2.45) is 0 Å². The van der Waals surface area contributed by atoms with Gasteiger partial charge >= 0.3 is 0 Å². The Labute approximate surface area is 121 Å². The van der Waals surface area contributed by atoms with E-state index in [4.69, 9.17) is 4.74 Å². The molecule has 1 heterocycles. The molecule has 0 atom stereocenters. The van der Waals surface area contributed by atoms with E-state index < -0.39 is 0 Å². The molecular formula is C17H22N2O. The molecular weight excluding hydrogens is 248 g/mol. The normalized spacial score (nSPS) is 10.7. The van der Waals surface area contributed by atoms with Crippen LogP contribution in [-0.4, -0.2) is 18.1 Å². The van der Waals surface area contributed by atoms with Crippen molar-refractivity contribution in [2.45, 2.75) is 26.5 Å². The van der Waals surface area contributed by atoms with Crippen LogP contribution in [0.4, 0.5) is 0 Å². The Kier molecular flexibility index (Phi) is 6.21. The average molecular weight is 270 g/mol. The first kappa shape index (κ1) is 14.7. The molecule has 0 unspecified atom stereocenters. The molecule has 0 aliphatic carbocycles. The van der Waals surface area contributed by atoms with Crippen LogP contribution in [0.3, 0.4) is 0 Å². The van der Waals surface area contributed by atoms with Crippen LogP contribution in [0.5, 0.6) is 0 Å². The lowest BCUT2D eigenvalue weighted by Crippen LogP contribution is -2.13. The van der Waals surface area contributed by atoms with Gasteiger partial charge in [0.2, 0.25) is 0 Å². The van der Waals surface area contributed by atoms with Gasteiger partial charge in [0.05, 0.1) is 13.2 Å². The highest BCUT2D eigenvalue weighted by Gasteiger charge is 2.01. The number of hydrogen-bond acceptors (Lipinski definition) is 3. The average Bonchev–Trinajstić information content (AvgIpc) is 2.51. The van der Waals surface area contributed by atoms with Crippen molar-refractivity contribution in [3.05, 3.63) is 65.5 Å². The molecule has 0 bridgehead atoms. The minimum atomic E-state index is 0.661. The van der Waals surface area contributed by atoms with Gasteiger partial charge in [-0.2, -0.15) is 0 Å². The first-order chi connectivity index (χ1) is 9.90. The quantitative estimate of drug-likeness (QED) is 0.749. The molecule has 0 saturated carbocycles. The van der Waals surface area contributed by atoms with Crippen LogP contribution in [0.25, 0.3) is 0 Å². The van der Waals surface area contributed by atoms with E-state index in [-0.39, 0.29) is 0 Å². The zero-order valence-corrected chi connectivity index (χ0v) is 12.0. The third kappa shape index (κ3) is 4.76. The van der Waals surface area contributed by atoms with Crippen LogP contribution in [0.15, 0.2) is 48.7 Å². The molecule has 1 N–H and O–H groups in total. The number of aromatic nitrogens is 1. The molecule has 0 fully saturated rings. The number of pyridine rings is 1. The topological polar surface area (TPSA) is 34.1 Å². The van der Waals surface area contributed by atoms with Gasteiger partial charge < -0.3 is 10.1 Å². The Morgan fingerprint density at radius 3 is 2.60 bits per heavy atom. The van der Waals surface area contributed by atoms with Crippen molar-refractivity contribution in [3.63, 3.8) is 0 Å². The zero-order valence-electron chi connectivity index (χ0n) is 12.0. The van der Waals surface area contributed by atoms with E-state index in [1.165, 1.54) is 11.1 Å². The molecule has 0 aliphatic heterocycles. The Balaban J connectivity index is 1.79. The standard InChI is InChI=1S/C17H22N2O/c1-2-18-13-15-7-3-4-8-16(15)14-20-12-10-17-9-5-6-11-19-17/h3-9,11,18H,2,10,12-14H2,1H3. The summed E-state index contributed by atoms with van der Waals surface area (Å²) in [6, 6.07) is 14.4. The van der Waals surface area contributed by atoms with Gasteiger partial charge in [0.25, 0.3) is 0 Å². The summed E-state index contributed by atoms with van der Waals surface area (Å²) in [5.41, 5.74) is 3.65. The van der Waals surface area contributed by atoms with Crippen LogP contribution in [0.1, 0.15) is 23.7 Å². The van der Waals surface area contributed by atoms with Crippen LogP contribution in [0.2, 0.25) is 0 Å². The fraction of sp³-hybridized carbons (Fsp3) is 0.353. The van der Waals surface area contributed by atoms with Crippen LogP contribution in [-0.2, 0) is 24.3 Å². The van der Waals surface area contributed by atoms with Gasteiger partial charge in [0.15, 0.2) is 0 Å². The molecule has 0 amide bonds. The van der Waals surface area contributed by atoms with E-state index >= 15 is 0 Å². The number of nitrogens with one attached hydrogen (secondary N) is 1. The molecule has 20 heavy (non-hydrogen) atoms. The molecule has 0 radical (unpaired) electrons. The lowest BCUT2D eigenvalue weighted by atomic mass is 10.1. The predicted molar refractivity (Wildman–Crippen MR) is 81.4 cm³/mol. The van der Waals surface area contributed by atoms with Crippen LogP contribution in [0, 0.1) is 0 Å². The molecule has 106 valence electrons. The van der Waals surface area contributed by atoms with E-state index in [9.17, 15) is 0 Å².